The van der Waals surface area contributed by atoms with Crippen molar-refractivity contribution in [3.8, 4) is 0 Å². The molecule has 0 saturated carbocycles. The zero-order valence-corrected chi connectivity index (χ0v) is 27.1. The highest BCUT2D eigenvalue weighted by Gasteiger charge is 2.38. The first-order valence-electron chi connectivity index (χ1n) is 14.9. The summed E-state index contributed by atoms with van der Waals surface area (Å²) in [4.78, 5) is 62.2. The van der Waals surface area contributed by atoms with Crippen molar-refractivity contribution >= 4 is 49.6 Å². The van der Waals surface area contributed by atoms with Crippen molar-refractivity contribution in [1.29, 1.82) is 0 Å². The van der Waals surface area contributed by atoms with Crippen LogP contribution in [0.2, 0.25) is 0 Å². The molecule has 2 aliphatic heterocycles. The first kappa shape index (κ1) is 34.3. The van der Waals surface area contributed by atoms with Crippen LogP contribution in [0, 0.1) is 0 Å². The molecule has 0 spiro atoms. The van der Waals surface area contributed by atoms with E-state index in [4.69, 9.17) is 5.73 Å². The molecular weight excluding hydrogens is 663 g/mol. The average molecular weight is 696 g/mol. The third-order valence-corrected chi connectivity index (χ3v) is 11.5. The van der Waals surface area contributed by atoms with Gasteiger partial charge in [0.05, 0.1) is 19.3 Å². The quantitative estimate of drug-likeness (QED) is 0.171. The molecule has 3 aromatic rings. The summed E-state index contributed by atoms with van der Waals surface area (Å²) in [6.45, 7) is 0. The number of benzene rings is 3. The van der Waals surface area contributed by atoms with Gasteiger partial charge >= 0.3 is 0 Å². The topological polar surface area (TPSA) is 228 Å². The van der Waals surface area contributed by atoms with Gasteiger partial charge in [-0.3, -0.25) is 33.4 Å². The van der Waals surface area contributed by atoms with Crippen LogP contribution in [0.1, 0.15) is 51.2 Å². The van der Waals surface area contributed by atoms with Gasteiger partial charge in [0.25, 0.3) is 0 Å². The number of carbonyl (C=O) groups excluding carboxylic acids is 5. The van der Waals surface area contributed by atoms with E-state index >= 15 is 0 Å². The predicted molar refractivity (Wildman–Crippen MR) is 172 cm³/mol. The Kier molecular flexibility index (Phi) is 9.95. The van der Waals surface area contributed by atoms with Crippen molar-refractivity contribution in [2.45, 2.75) is 54.7 Å². The third-order valence-electron chi connectivity index (χ3n) is 8.10. The van der Waals surface area contributed by atoms with Crippen molar-refractivity contribution in [3.05, 3.63) is 107 Å². The molecule has 0 radical (unpaired) electrons. The summed E-state index contributed by atoms with van der Waals surface area (Å²) in [5, 5.41) is 3.29. The number of carbonyl (C=O) groups is 5. The van der Waals surface area contributed by atoms with E-state index in [0.717, 1.165) is 5.56 Å². The number of nitrogens with two attached hydrogens (primary N) is 1. The molecule has 3 aromatic carbocycles. The average Bonchev–Trinajstić information content (AvgIpc) is 3.47. The van der Waals surface area contributed by atoms with Gasteiger partial charge in [-0.15, -0.1) is 0 Å². The first-order valence-corrected chi connectivity index (χ1v) is 18.0. The molecule has 2 saturated heterocycles. The molecule has 2 unspecified atom stereocenters. The highest BCUT2D eigenvalue weighted by atomic mass is 32.2. The number of hydrogen-bond donors (Lipinski definition) is 5. The van der Waals surface area contributed by atoms with Crippen molar-refractivity contribution in [2.75, 3.05) is 0 Å². The Morgan fingerprint density at radius 2 is 1.12 bits per heavy atom. The highest BCUT2D eigenvalue weighted by molar-refractivity contribution is 7.91. The Hall–Kier alpha value is -5.09. The van der Waals surface area contributed by atoms with E-state index in [1.54, 1.807) is 54.6 Å². The lowest BCUT2D eigenvalue weighted by molar-refractivity contribution is -0.131. The van der Waals surface area contributed by atoms with Crippen molar-refractivity contribution in [3.63, 3.8) is 0 Å². The largest absolute Gasteiger partial charge is 0.368 e. The Morgan fingerprint density at radius 3 is 1.58 bits per heavy atom. The fourth-order valence-electron chi connectivity index (χ4n) is 5.63. The normalized spacial score (nSPS) is 20.6. The molecule has 0 aromatic heterocycles. The van der Waals surface area contributed by atoms with Gasteiger partial charge in [0, 0.05) is 12.8 Å². The van der Waals surface area contributed by atoms with Gasteiger partial charge in [-0.25, -0.2) is 16.8 Å². The molecule has 2 heterocycles. The van der Waals surface area contributed by atoms with Crippen molar-refractivity contribution in [1.82, 2.24) is 20.1 Å². The second kappa shape index (κ2) is 13.9. The van der Waals surface area contributed by atoms with Crippen molar-refractivity contribution in [2.24, 2.45) is 5.73 Å². The Morgan fingerprint density at radius 1 is 0.667 bits per heavy atom. The van der Waals surface area contributed by atoms with Crippen LogP contribution in [0.3, 0.4) is 0 Å². The second-order valence-corrected chi connectivity index (χ2v) is 15.4. The van der Waals surface area contributed by atoms with Crippen LogP contribution in [0.25, 0.3) is 0 Å². The molecule has 2 fully saturated rings. The smallest absolute Gasteiger partial charge is 0.243 e. The number of rotatable bonds is 12. The van der Waals surface area contributed by atoms with Crippen LogP contribution < -0.4 is 25.8 Å². The molecule has 5 amide bonds. The Bertz CT molecular complexity index is 1950. The SMILES string of the molecule is NC(=O)[C@H](Cc1ccc(C2CC(=O)NS2(=O)=O)cc1)NC(=O)[C@H](Cc1ccccc1)NC(=O)Cc1ccc(C2CC(=O)NS2(=O)=O)cc1. The van der Waals surface area contributed by atoms with Crippen LogP contribution in [-0.4, -0.2) is 58.5 Å². The van der Waals surface area contributed by atoms with E-state index in [1.807, 2.05) is 9.44 Å². The molecule has 14 nitrogen and oxygen atoms in total. The molecule has 2 aliphatic rings. The fourth-order valence-corrected chi connectivity index (χ4v) is 8.49. The van der Waals surface area contributed by atoms with E-state index in [9.17, 15) is 40.8 Å². The lowest BCUT2D eigenvalue weighted by Gasteiger charge is -2.22. The monoisotopic (exact) mass is 695 g/mol. The van der Waals surface area contributed by atoms with Gasteiger partial charge in [-0.2, -0.15) is 0 Å². The number of amides is 5. The highest BCUT2D eigenvalue weighted by Crippen LogP contribution is 2.31. The van der Waals surface area contributed by atoms with Gasteiger partial charge in [-0.05, 0) is 27.8 Å². The lowest BCUT2D eigenvalue weighted by atomic mass is 10.0. The van der Waals surface area contributed by atoms with Crippen LogP contribution in [0.5, 0.6) is 0 Å². The summed E-state index contributed by atoms with van der Waals surface area (Å²) in [5.41, 5.74) is 8.27. The molecule has 6 N–H and O–H groups in total. The van der Waals surface area contributed by atoms with E-state index in [0.29, 0.717) is 22.3 Å². The lowest BCUT2D eigenvalue weighted by Crippen LogP contribution is -2.54. The molecule has 0 bridgehead atoms. The van der Waals surface area contributed by atoms with E-state index in [1.165, 1.54) is 24.3 Å². The summed E-state index contributed by atoms with van der Waals surface area (Å²) in [7, 11) is -7.65. The maximum atomic E-state index is 13.5. The minimum atomic E-state index is -3.83. The maximum Gasteiger partial charge on any atom is 0.243 e. The predicted octanol–water partition coefficient (Wildman–Crippen LogP) is -0.0490. The molecule has 0 aliphatic carbocycles. The molecule has 5 rings (SSSR count). The second-order valence-electron chi connectivity index (χ2n) is 11.7. The fraction of sp³-hybridized carbons (Fsp3) is 0.281. The minimum absolute atomic E-state index is 0.0217. The molecule has 252 valence electrons. The number of sulfonamides is 2. The zero-order valence-electron chi connectivity index (χ0n) is 25.4. The van der Waals surface area contributed by atoms with E-state index < -0.39 is 72.2 Å². The first-order chi connectivity index (χ1) is 22.7. The van der Waals surface area contributed by atoms with Gasteiger partial charge in [0.2, 0.25) is 49.6 Å². The van der Waals surface area contributed by atoms with Crippen LogP contribution in [0.15, 0.2) is 78.9 Å². The zero-order chi connectivity index (χ0) is 34.6. The molecular formula is C32H33N5O9S2. The number of nitrogens with one attached hydrogen (secondary N) is 4. The van der Waals surface area contributed by atoms with E-state index in [-0.39, 0.29) is 32.1 Å². The summed E-state index contributed by atoms with van der Waals surface area (Å²) < 4.78 is 52.7. The maximum absolute atomic E-state index is 13.5. The van der Waals surface area contributed by atoms with Crippen molar-refractivity contribution < 1.29 is 40.8 Å². The van der Waals surface area contributed by atoms with Gasteiger partial charge in [-0.1, -0.05) is 78.9 Å². The summed E-state index contributed by atoms with van der Waals surface area (Å²) >= 11 is 0. The minimum Gasteiger partial charge on any atom is -0.368 e. The summed E-state index contributed by atoms with van der Waals surface area (Å²) in [6, 6.07) is 19.1. The molecule has 4 atom stereocenters. The number of hydrogen-bond acceptors (Lipinski definition) is 9. The van der Waals surface area contributed by atoms with Gasteiger partial charge in [0.1, 0.15) is 22.6 Å². The van der Waals surface area contributed by atoms with Gasteiger partial charge < -0.3 is 16.4 Å². The summed E-state index contributed by atoms with van der Waals surface area (Å²) in [6.07, 6.45) is -0.462. The van der Waals surface area contributed by atoms with E-state index in [2.05, 4.69) is 10.6 Å². The summed E-state index contributed by atoms with van der Waals surface area (Å²) in [5.74, 6) is -3.18. The Balaban J connectivity index is 1.26. The van der Waals surface area contributed by atoms with Gasteiger partial charge in [0.15, 0.2) is 0 Å². The van der Waals surface area contributed by atoms with Crippen LogP contribution in [0.4, 0.5) is 0 Å². The standard InChI is InChI=1S/C32H33N5O9S2/c33-31(41)24(14-20-6-10-22(11-7-20)26-17-29(39)36-47(26,43)44)35-32(42)25(15-19-4-2-1-3-5-19)34-28(38)16-21-8-12-23(13-9-21)27-18-30(40)37-48(27,45)46/h1-13,24-27H,14-18H2,(H2,33,41)(H,34,38)(H,35,42)(H,36,39)(H,37,40)/t24-,25-,26?,27?/m0/s1. The molecule has 48 heavy (non-hydrogen) atoms. The Labute approximate surface area is 277 Å². The third kappa shape index (κ3) is 8.24. The molecule has 16 heteroatoms. The number of primary amides is 1. The van der Waals surface area contributed by atoms with Crippen LogP contribution >= 0.6 is 0 Å². The van der Waals surface area contributed by atoms with Crippen LogP contribution in [-0.2, 0) is 63.3 Å².